The van der Waals surface area contributed by atoms with Crippen LogP contribution in [-0.2, 0) is 20.9 Å². The zero-order valence-corrected chi connectivity index (χ0v) is 16.4. The van der Waals surface area contributed by atoms with Gasteiger partial charge in [0.15, 0.2) is 0 Å². The van der Waals surface area contributed by atoms with Crippen molar-refractivity contribution in [3.8, 4) is 0 Å². The Hall–Kier alpha value is -3.19. The number of rotatable bonds is 8. The van der Waals surface area contributed by atoms with E-state index in [0.29, 0.717) is 32.1 Å². The average molecular weight is 392 g/mol. The first-order valence-corrected chi connectivity index (χ1v) is 9.77. The van der Waals surface area contributed by atoms with Gasteiger partial charge >= 0.3 is 0 Å². The molecule has 0 bridgehead atoms. The Balaban J connectivity index is 1.55. The zero-order chi connectivity index (χ0) is 20.2. The number of ether oxygens (including phenoxy) is 1. The fourth-order valence-electron chi connectivity index (χ4n) is 3.72. The van der Waals surface area contributed by atoms with Crippen molar-refractivity contribution in [2.75, 3.05) is 25.2 Å². The minimum absolute atomic E-state index is 0.0831. The van der Waals surface area contributed by atoms with Gasteiger partial charge in [-0.3, -0.25) is 19.1 Å². The van der Waals surface area contributed by atoms with E-state index in [4.69, 9.17) is 4.74 Å². The smallest absolute Gasteiger partial charge is 0.253 e. The van der Waals surface area contributed by atoms with Gasteiger partial charge in [0, 0.05) is 26.8 Å². The lowest BCUT2D eigenvalue weighted by molar-refractivity contribution is -0.127. The van der Waals surface area contributed by atoms with Crippen LogP contribution in [0.3, 0.4) is 0 Å². The SMILES string of the molecule is COCCCN1C(=O)C(CC(=O)NCc2ccccc2)n2c1nc1ccccc12. The molecule has 3 aromatic rings. The number of benzene rings is 2. The Morgan fingerprint density at radius 3 is 2.69 bits per heavy atom. The first-order valence-electron chi connectivity index (χ1n) is 9.77. The van der Waals surface area contributed by atoms with Crippen LogP contribution in [0, 0.1) is 0 Å². The molecular formula is C22H24N4O3. The highest BCUT2D eigenvalue weighted by molar-refractivity contribution is 6.03. The van der Waals surface area contributed by atoms with Crippen molar-refractivity contribution in [2.45, 2.75) is 25.4 Å². The molecule has 0 saturated carbocycles. The van der Waals surface area contributed by atoms with E-state index in [1.54, 1.807) is 12.0 Å². The van der Waals surface area contributed by atoms with Gasteiger partial charge < -0.3 is 10.1 Å². The number of anilines is 1. The summed E-state index contributed by atoms with van der Waals surface area (Å²) >= 11 is 0. The summed E-state index contributed by atoms with van der Waals surface area (Å²) < 4.78 is 7.02. The van der Waals surface area contributed by atoms with E-state index < -0.39 is 6.04 Å². The zero-order valence-electron chi connectivity index (χ0n) is 16.4. The normalized spacial score (nSPS) is 15.7. The topological polar surface area (TPSA) is 76.5 Å². The third kappa shape index (κ3) is 3.86. The lowest BCUT2D eigenvalue weighted by Gasteiger charge is -2.15. The van der Waals surface area contributed by atoms with Crippen LogP contribution in [0.15, 0.2) is 54.6 Å². The second-order valence-corrected chi connectivity index (χ2v) is 7.09. The number of carbonyl (C=O) groups is 2. The van der Waals surface area contributed by atoms with E-state index in [0.717, 1.165) is 16.6 Å². The number of carbonyl (C=O) groups excluding carboxylic acids is 2. The summed E-state index contributed by atoms with van der Waals surface area (Å²) in [5, 5.41) is 2.92. The van der Waals surface area contributed by atoms with E-state index in [1.807, 2.05) is 59.2 Å². The maximum Gasteiger partial charge on any atom is 0.253 e. The van der Waals surface area contributed by atoms with Crippen LogP contribution in [0.2, 0.25) is 0 Å². The highest BCUT2D eigenvalue weighted by Gasteiger charge is 2.40. The molecule has 1 aliphatic rings. The van der Waals surface area contributed by atoms with Crippen LogP contribution in [0.25, 0.3) is 11.0 Å². The number of methoxy groups -OCH3 is 1. The van der Waals surface area contributed by atoms with Crippen LogP contribution >= 0.6 is 0 Å². The van der Waals surface area contributed by atoms with Crippen molar-refractivity contribution in [1.82, 2.24) is 14.9 Å². The summed E-state index contributed by atoms with van der Waals surface area (Å²) in [5.74, 6) is 0.354. The second kappa shape index (κ2) is 8.45. The quantitative estimate of drug-likeness (QED) is 0.598. The monoisotopic (exact) mass is 392 g/mol. The first-order chi connectivity index (χ1) is 14.2. The second-order valence-electron chi connectivity index (χ2n) is 7.09. The highest BCUT2D eigenvalue weighted by atomic mass is 16.5. The number of aromatic nitrogens is 2. The summed E-state index contributed by atoms with van der Waals surface area (Å²) in [4.78, 5) is 32.1. The van der Waals surface area contributed by atoms with Crippen LogP contribution < -0.4 is 10.2 Å². The Morgan fingerprint density at radius 2 is 1.90 bits per heavy atom. The van der Waals surface area contributed by atoms with Gasteiger partial charge in [0.1, 0.15) is 6.04 Å². The molecule has 7 nitrogen and oxygen atoms in total. The summed E-state index contributed by atoms with van der Waals surface area (Å²) in [7, 11) is 1.64. The van der Waals surface area contributed by atoms with Gasteiger partial charge in [-0.25, -0.2) is 4.98 Å². The number of imidazole rings is 1. The van der Waals surface area contributed by atoms with E-state index in [9.17, 15) is 9.59 Å². The molecule has 0 spiro atoms. The van der Waals surface area contributed by atoms with Gasteiger partial charge in [0.05, 0.1) is 17.5 Å². The fourth-order valence-corrected chi connectivity index (χ4v) is 3.72. The van der Waals surface area contributed by atoms with Gasteiger partial charge in [0.2, 0.25) is 11.9 Å². The molecule has 4 rings (SSSR count). The highest BCUT2D eigenvalue weighted by Crippen LogP contribution is 2.36. The van der Waals surface area contributed by atoms with E-state index >= 15 is 0 Å². The number of hydrogen-bond acceptors (Lipinski definition) is 4. The molecule has 150 valence electrons. The standard InChI is InChI=1S/C22H24N4O3/c1-29-13-7-12-25-21(28)19(14-20(27)23-15-16-8-3-2-4-9-16)26-18-11-6-5-10-17(18)24-22(25)26/h2-6,8-11,19H,7,12-15H2,1H3,(H,23,27). The predicted octanol–water partition coefficient (Wildman–Crippen LogP) is 2.67. The largest absolute Gasteiger partial charge is 0.385 e. The molecule has 0 aliphatic carbocycles. The van der Waals surface area contributed by atoms with Crippen LogP contribution in [0.1, 0.15) is 24.4 Å². The lowest BCUT2D eigenvalue weighted by Crippen LogP contribution is -2.33. The van der Waals surface area contributed by atoms with Crippen molar-refractivity contribution in [3.05, 3.63) is 60.2 Å². The summed E-state index contributed by atoms with van der Waals surface area (Å²) in [6.45, 7) is 1.51. The van der Waals surface area contributed by atoms with Crippen molar-refractivity contribution >= 4 is 28.8 Å². The van der Waals surface area contributed by atoms with Crippen molar-refractivity contribution in [3.63, 3.8) is 0 Å². The Kier molecular flexibility index (Phi) is 5.57. The average Bonchev–Trinajstić information content (AvgIpc) is 3.23. The van der Waals surface area contributed by atoms with E-state index in [-0.39, 0.29) is 18.2 Å². The molecule has 7 heteroatoms. The van der Waals surface area contributed by atoms with Gasteiger partial charge in [-0.15, -0.1) is 0 Å². The summed E-state index contributed by atoms with van der Waals surface area (Å²) in [5.41, 5.74) is 2.71. The van der Waals surface area contributed by atoms with Gasteiger partial charge in [0.25, 0.3) is 5.91 Å². The number of fused-ring (bicyclic) bond motifs is 3. The predicted molar refractivity (Wildman–Crippen MR) is 111 cm³/mol. The minimum atomic E-state index is -0.587. The molecule has 1 aromatic heterocycles. The third-order valence-corrected chi connectivity index (χ3v) is 5.12. The fraction of sp³-hybridized carbons (Fsp3) is 0.318. The maximum absolute atomic E-state index is 13.1. The number of hydrogen-bond donors (Lipinski definition) is 1. The molecule has 1 aliphatic heterocycles. The van der Waals surface area contributed by atoms with Gasteiger partial charge in [-0.05, 0) is 24.1 Å². The minimum Gasteiger partial charge on any atom is -0.385 e. The van der Waals surface area contributed by atoms with Crippen molar-refractivity contribution < 1.29 is 14.3 Å². The summed E-state index contributed by atoms with van der Waals surface area (Å²) in [6, 6.07) is 16.8. The Morgan fingerprint density at radius 1 is 1.14 bits per heavy atom. The van der Waals surface area contributed by atoms with Gasteiger partial charge in [-0.2, -0.15) is 0 Å². The van der Waals surface area contributed by atoms with Crippen molar-refractivity contribution in [2.24, 2.45) is 0 Å². The molecule has 2 aromatic carbocycles. The molecule has 2 heterocycles. The lowest BCUT2D eigenvalue weighted by atomic mass is 10.1. The van der Waals surface area contributed by atoms with Crippen molar-refractivity contribution in [1.29, 1.82) is 0 Å². The third-order valence-electron chi connectivity index (χ3n) is 5.12. The Bertz CT molecular complexity index is 1020. The molecule has 0 saturated heterocycles. The molecular weight excluding hydrogens is 368 g/mol. The molecule has 1 atom stereocenters. The molecule has 1 unspecified atom stereocenters. The van der Waals surface area contributed by atoms with Crippen LogP contribution in [-0.4, -0.2) is 41.6 Å². The van der Waals surface area contributed by atoms with Crippen LogP contribution in [0.5, 0.6) is 0 Å². The number of nitrogens with zero attached hydrogens (tertiary/aromatic N) is 3. The first kappa shape index (κ1) is 19.1. The van der Waals surface area contributed by atoms with Crippen LogP contribution in [0.4, 0.5) is 5.95 Å². The molecule has 0 radical (unpaired) electrons. The molecule has 1 N–H and O–H groups in total. The van der Waals surface area contributed by atoms with Gasteiger partial charge in [-0.1, -0.05) is 42.5 Å². The number of para-hydroxylation sites is 2. The van der Waals surface area contributed by atoms with E-state index in [1.165, 1.54) is 0 Å². The Labute approximate surface area is 169 Å². The summed E-state index contributed by atoms with van der Waals surface area (Å²) in [6.07, 6.45) is 0.790. The molecule has 2 amide bonds. The number of nitrogens with one attached hydrogen (secondary N) is 1. The number of amides is 2. The maximum atomic E-state index is 13.1. The molecule has 0 fully saturated rings. The molecule has 29 heavy (non-hydrogen) atoms. The van der Waals surface area contributed by atoms with E-state index in [2.05, 4.69) is 10.3 Å².